The first-order chi connectivity index (χ1) is 20.6. The van der Waals surface area contributed by atoms with Gasteiger partial charge < -0.3 is 19.6 Å². The third-order valence-electron chi connectivity index (χ3n) is 8.71. The van der Waals surface area contributed by atoms with Crippen LogP contribution in [-0.2, 0) is 21.3 Å². The summed E-state index contributed by atoms with van der Waals surface area (Å²) in [6.45, 7) is 0. The van der Waals surface area contributed by atoms with Gasteiger partial charge in [-0.3, -0.25) is 0 Å². The van der Waals surface area contributed by atoms with E-state index in [1.165, 1.54) is 5.39 Å². The highest BCUT2D eigenvalue weighted by molar-refractivity contribution is 6.08. The molecule has 0 fully saturated rings. The number of hydrogen-bond acceptors (Lipinski definition) is 3. The van der Waals surface area contributed by atoms with Crippen LogP contribution in [0.1, 0.15) is 35.1 Å². The van der Waals surface area contributed by atoms with Crippen molar-refractivity contribution in [2.45, 2.75) is 36.6 Å². The van der Waals surface area contributed by atoms with Gasteiger partial charge in [0.25, 0.3) is 0 Å². The van der Waals surface area contributed by atoms with Crippen molar-refractivity contribution in [1.29, 1.82) is 0 Å². The quantitative estimate of drug-likeness (QED) is 0.126. The van der Waals surface area contributed by atoms with Crippen LogP contribution in [0.25, 0.3) is 21.8 Å². The van der Waals surface area contributed by atoms with Crippen LogP contribution in [0, 0.1) is 0 Å². The van der Waals surface area contributed by atoms with Crippen molar-refractivity contribution in [1.82, 2.24) is 4.98 Å². The summed E-state index contributed by atoms with van der Waals surface area (Å²) in [6, 6.07) is 46.2. The highest BCUT2D eigenvalue weighted by Gasteiger charge is 2.46. The molecule has 0 aliphatic carbocycles. The highest BCUT2D eigenvalue weighted by atomic mass is 16.7. The molecule has 6 rings (SSSR count). The summed E-state index contributed by atoms with van der Waals surface area (Å²) in [5.41, 5.74) is 6.04. The van der Waals surface area contributed by atoms with E-state index in [2.05, 4.69) is 114 Å². The second-order valence-electron chi connectivity index (χ2n) is 11.1. The standard InChI is InChI=1S/C38H37NO3/c1-41-37(42-2,26-32(40)25-28-15-14-23-34-33-22-12-13-24-35(33)39-36(28)34)27-38(29-16-6-3-7-17-29,30-18-8-4-9-19-30)31-20-10-5-11-21-31/h3-24,32,39-40H,25-27H2,1-2H3. The van der Waals surface area contributed by atoms with E-state index in [4.69, 9.17) is 9.47 Å². The fraction of sp³-hybridized carbons (Fsp3) is 0.211. The summed E-state index contributed by atoms with van der Waals surface area (Å²) in [7, 11) is 3.36. The van der Waals surface area contributed by atoms with Crippen molar-refractivity contribution >= 4 is 21.8 Å². The largest absolute Gasteiger partial charge is 0.393 e. The molecule has 2 N–H and O–H groups in total. The van der Waals surface area contributed by atoms with Gasteiger partial charge in [-0.2, -0.15) is 0 Å². The zero-order chi connectivity index (χ0) is 29.0. The number of rotatable bonds is 11. The van der Waals surface area contributed by atoms with Gasteiger partial charge in [-0.25, -0.2) is 0 Å². The Morgan fingerprint density at radius 2 is 1.12 bits per heavy atom. The third-order valence-corrected chi connectivity index (χ3v) is 8.71. The maximum atomic E-state index is 11.7. The third kappa shape index (κ3) is 5.14. The van der Waals surface area contributed by atoms with Gasteiger partial charge in [-0.05, 0) is 28.3 Å². The average Bonchev–Trinajstić information content (AvgIpc) is 3.44. The van der Waals surface area contributed by atoms with Gasteiger partial charge in [0, 0.05) is 55.3 Å². The maximum absolute atomic E-state index is 11.7. The maximum Gasteiger partial charge on any atom is 0.171 e. The van der Waals surface area contributed by atoms with Gasteiger partial charge >= 0.3 is 0 Å². The van der Waals surface area contributed by atoms with E-state index in [0.717, 1.165) is 38.7 Å². The minimum Gasteiger partial charge on any atom is -0.393 e. The molecule has 0 radical (unpaired) electrons. The minimum absolute atomic E-state index is 0.296. The average molecular weight is 556 g/mol. The number of para-hydroxylation sites is 2. The number of aliphatic hydroxyl groups is 1. The van der Waals surface area contributed by atoms with Crippen molar-refractivity contribution in [3.8, 4) is 0 Å². The monoisotopic (exact) mass is 555 g/mol. The Balaban J connectivity index is 1.40. The summed E-state index contributed by atoms with van der Waals surface area (Å²) in [5.74, 6) is -1.07. The van der Waals surface area contributed by atoms with Gasteiger partial charge in [0.15, 0.2) is 5.79 Å². The number of aromatic amines is 1. The molecule has 0 saturated heterocycles. The number of aliphatic hydroxyl groups excluding tert-OH is 1. The second-order valence-corrected chi connectivity index (χ2v) is 11.1. The number of nitrogens with one attached hydrogen (secondary N) is 1. The van der Waals surface area contributed by atoms with E-state index < -0.39 is 17.3 Å². The summed E-state index contributed by atoms with van der Waals surface area (Å²) < 4.78 is 12.5. The number of aromatic nitrogens is 1. The van der Waals surface area contributed by atoms with Crippen LogP contribution in [0.5, 0.6) is 0 Å². The van der Waals surface area contributed by atoms with Gasteiger partial charge in [-0.1, -0.05) is 127 Å². The fourth-order valence-electron chi connectivity index (χ4n) is 6.63. The summed E-state index contributed by atoms with van der Waals surface area (Å²) in [6.07, 6.45) is 0.527. The van der Waals surface area contributed by atoms with E-state index in [1.54, 1.807) is 14.2 Å². The van der Waals surface area contributed by atoms with E-state index >= 15 is 0 Å². The molecule has 0 aliphatic rings. The number of hydrogen-bond donors (Lipinski definition) is 2. The van der Waals surface area contributed by atoms with Crippen molar-refractivity contribution in [2.24, 2.45) is 0 Å². The Kier molecular flexibility index (Phi) is 7.94. The molecule has 0 saturated carbocycles. The molecule has 4 nitrogen and oxygen atoms in total. The molecular formula is C38H37NO3. The lowest BCUT2D eigenvalue weighted by Gasteiger charge is -2.44. The first kappa shape index (κ1) is 27.9. The van der Waals surface area contributed by atoms with Crippen LogP contribution in [0.2, 0.25) is 0 Å². The van der Waals surface area contributed by atoms with Crippen molar-refractivity contribution in [3.05, 3.63) is 156 Å². The van der Waals surface area contributed by atoms with E-state index in [0.29, 0.717) is 19.3 Å². The summed E-state index contributed by atoms with van der Waals surface area (Å²) in [4.78, 5) is 3.57. The first-order valence-corrected chi connectivity index (χ1v) is 14.5. The normalized spacial score (nSPS) is 13.0. The van der Waals surface area contributed by atoms with E-state index in [9.17, 15) is 5.11 Å². The lowest BCUT2D eigenvalue weighted by Crippen LogP contribution is -2.46. The molecule has 6 aromatic rings. The molecule has 5 aromatic carbocycles. The minimum atomic E-state index is -1.07. The van der Waals surface area contributed by atoms with Gasteiger partial charge in [0.05, 0.1) is 11.5 Å². The lowest BCUT2D eigenvalue weighted by molar-refractivity contribution is -0.230. The summed E-state index contributed by atoms with van der Waals surface area (Å²) in [5, 5.41) is 14.0. The molecule has 4 heteroatoms. The van der Waals surface area contributed by atoms with Crippen molar-refractivity contribution < 1.29 is 14.6 Å². The first-order valence-electron chi connectivity index (χ1n) is 14.5. The molecule has 1 heterocycles. The molecule has 212 valence electrons. The smallest absolute Gasteiger partial charge is 0.171 e. The Bertz CT molecular complexity index is 1640. The summed E-state index contributed by atoms with van der Waals surface area (Å²) >= 11 is 0. The zero-order valence-corrected chi connectivity index (χ0v) is 24.2. The van der Waals surface area contributed by atoms with Gasteiger partial charge in [0.1, 0.15) is 0 Å². The predicted octanol–water partition coefficient (Wildman–Crippen LogP) is 8.03. The molecule has 0 bridgehead atoms. The van der Waals surface area contributed by atoms with Gasteiger partial charge in [0.2, 0.25) is 0 Å². The fourth-order valence-corrected chi connectivity index (χ4v) is 6.63. The Hall–Kier alpha value is -4.22. The van der Waals surface area contributed by atoms with Gasteiger partial charge in [-0.15, -0.1) is 0 Å². The Morgan fingerprint density at radius 3 is 1.67 bits per heavy atom. The number of methoxy groups -OCH3 is 2. The van der Waals surface area contributed by atoms with Crippen molar-refractivity contribution in [3.63, 3.8) is 0 Å². The molecule has 1 aromatic heterocycles. The number of fused-ring (bicyclic) bond motifs is 3. The van der Waals surface area contributed by atoms with Crippen LogP contribution in [0.4, 0.5) is 0 Å². The van der Waals surface area contributed by atoms with E-state index in [1.807, 2.05) is 24.3 Å². The molecule has 0 spiro atoms. The highest BCUT2D eigenvalue weighted by Crippen LogP contribution is 2.47. The molecule has 1 atom stereocenters. The SMILES string of the molecule is COC(CC(O)Cc1cccc2c1[nH]c1ccccc12)(CC(c1ccccc1)(c1ccccc1)c1ccccc1)OC. The van der Waals surface area contributed by atoms with Crippen LogP contribution in [0.3, 0.4) is 0 Å². The molecule has 1 unspecified atom stereocenters. The number of benzene rings is 5. The Morgan fingerprint density at radius 1 is 0.619 bits per heavy atom. The topological polar surface area (TPSA) is 54.5 Å². The Labute approximate surface area is 247 Å². The molecule has 0 amide bonds. The zero-order valence-electron chi connectivity index (χ0n) is 24.2. The van der Waals surface area contributed by atoms with Crippen LogP contribution in [-0.4, -0.2) is 36.2 Å². The second kappa shape index (κ2) is 11.9. The number of ether oxygens (including phenoxy) is 2. The molecule has 42 heavy (non-hydrogen) atoms. The van der Waals surface area contributed by atoms with Crippen LogP contribution >= 0.6 is 0 Å². The lowest BCUT2D eigenvalue weighted by atomic mass is 9.65. The van der Waals surface area contributed by atoms with Crippen molar-refractivity contribution in [2.75, 3.05) is 14.2 Å². The number of H-pyrrole nitrogens is 1. The van der Waals surface area contributed by atoms with Crippen LogP contribution in [0.15, 0.2) is 133 Å². The molecule has 0 aliphatic heterocycles. The predicted molar refractivity (Wildman–Crippen MR) is 171 cm³/mol. The van der Waals surface area contributed by atoms with Crippen LogP contribution < -0.4 is 0 Å². The molecular weight excluding hydrogens is 518 g/mol. The van der Waals surface area contributed by atoms with E-state index in [-0.39, 0.29) is 0 Å².